The van der Waals surface area contributed by atoms with Crippen molar-refractivity contribution in [3.05, 3.63) is 95.1 Å². The minimum atomic E-state index is -0.747. The number of ether oxygens (including phenoxy) is 1. The van der Waals surface area contributed by atoms with Crippen LogP contribution >= 0.6 is 11.8 Å². The number of fused-ring (bicyclic) bond motifs is 2. The van der Waals surface area contributed by atoms with E-state index >= 15 is 0 Å². The zero-order chi connectivity index (χ0) is 40.7. The Labute approximate surface area is 338 Å². The minimum absolute atomic E-state index is 0.0496. The number of thioether (sulfide) groups is 1. The molecule has 2 aromatic heterocycles. The predicted octanol–water partition coefficient (Wildman–Crippen LogP) is 6.64. The van der Waals surface area contributed by atoms with Gasteiger partial charge in [-0.3, -0.25) is 28.5 Å². The van der Waals surface area contributed by atoms with Gasteiger partial charge in [-0.2, -0.15) is 0 Å². The Morgan fingerprint density at radius 3 is 2.16 bits per heavy atom. The largest absolute Gasteiger partial charge is 0.507 e. The molecule has 0 unspecified atom stereocenters. The fraction of sp³-hybridized carbons (Fsp3) is 0.286. The topological polar surface area (TPSA) is 194 Å². The summed E-state index contributed by atoms with van der Waals surface area (Å²) in [5.74, 6) is 2.02. The van der Waals surface area contributed by atoms with Gasteiger partial charge in [-0.25, -0.2) is 0 Å². The summed E-state index contributed by atoms with van der Waals surface area (Å²) in [6.07, 6.45) is 2.41. The van der Waals surface area contributed by atoms with Crippen molar-refractivity contribution in [2.75, 3.05) is 24.7 Å². The Morgan fingerprint density at radius 1 is 0.845 bits per heavy atom. The first kappa shape index (κ1) is 38.3. The summed E-state index contributed by atoms with van der Waals surface area (Å²) in [4.78, 5) is 39.5. The summed E-state index contributed by atoms with van der Waals surface area (Å²) >= 11 is 1.69. The maximum Gasteiger partial charge on any atom is 0.289 e. The van der Waals surface area contributed by atoms with Crippen molar-refractivity contribution < 1.29 is 29.2 Å². The van der Waals surface area contributed by atoms with Gasteiger partial charge in [-0.05, 0) is 117 Å². The monoisotopic (exact) mass is 801 g/mol. The van der Waals surface area contributed by atoms with E-state index in [1.165, 1.54) is 0 Å². The highest BCUT2D eigenvalue weighted by Gasteiger charge is 2.30. The smallest absolute Gasteiger partial charge is 0.289 e. The molecule has 0 saturated carbocycles. The normalized spacial score (nSPS) is 13.2. The number of benzene rings is 4. The summed E-state index contributed by atoms with van der Waals surface area (Å²) < 4.78 is 8.60. The van der Waals surface area contributed by atoms with Gasteiger partial charge < -0.3 is 26.2 Å². The number of hydrogen-bond donors (Lipinski definition) is 4. The predicted molar refractivity (Wildman–Crippen MR) is 220 cm³/mol. The SMILES string of the molecule is COc1ccc(-n2c(C(N)=O)nnc2-c2cc(C(C)C)c3c(c2OOc2ccc(-n4c(C(=O)NC(C)C)nnc4-c4cc5c(cc4O)SCC5)cc2)CCCN3)cc1. The number of aromatic hydroxyl groups is 1. The van der Waals surface area contributed by atoms with Crippen LogP contribution in [0.4, 0.5) is 5.69 Å². The molecule has 0 fully saturated rings. The molecule has 0 bridgehead atoms. The number of nitrogens with one attached hydrogen (secondary N) is 2. The summed E-state index contributed by atoms with van der Waals surface area (Å²) in [5, 5.41) is 35.0. The molecule has 0 radical (unpaired) electrons. The van der Waals surface area contributed by atoms with Crippen molar-refractivity contribution in [3.8, 4) is 57.1 Å². The maximum absolute atomic E-state index is 13.4. The molecule has 0 saturated heterocycles. The van der Waals surface area contributed by atoms with Crippen molar-refractivity contribution in [1.82, 2.24) is 34.8 Å². The van der Waals surface area contributed by atoms with Crippen molar-refractivity contribution in [1.29, 1.82) is 0 Å². The number of aromatic nitrogens is 6. The lowest BCUT2D eigenvalue weighted by Gasteiger charge is -2.27. The van der Waals surface area contributed by atoms with Gasteiger partial charge >= 0.3 is 0 Å². The third-order valence-corrected chi connectivity index (χ3v) is 11.1. The third kappa shape index (κ3) is 7.15. The van der Waals surface area contributed by atoms with Gasteiger partial charge in [-0.15, -0.1) is 32.2 Å². The number of phenolic OH excluding ortho intramolecular Hbond substituents is 1. The van der Waals surface area contributed by atoms with Crippen LogP contribution in [0.3, 0.4) is 0 Å². The molecule has 5 N–H and O–H groups in total. The molecule has 2 aliphatic heterocycles. The second kappa shape index (κ2) is 15.8. The van der Waals surface area contributed by atoms with E-state index in [0.29, 0.717) is 57.8 Å². The van der Waals surface area contributed by atoms with E-state index in [4.69, 9.17) is 20.2 Å². The second-order valence-electron chi connectivity index (χ2n) is 14.7. The Hall–Kier alpha value is -6.55. The summed E-state index contributed by atoms with van der Waals surface area (Å²) in [5.41, 5.74) is 12.0. The molecule has 15 nitrogen and oxygen atoms in total. The fourth-order valence-electron chi connectivity index (χ4n) is 7.29. The van der Waals surface area contributed by atoms with Crippen LogP contribution in [0.1, 0.15) is 78.0 Å². The number of primary amides is 1. The second-order valence-corrected chi connectivity index (χ2v) is 15.8. The lowest BCUT2D eigenvalue weighted by atomic mass is 9.89. The molecular formula is C42H43N9O6S. The highest BCUT2D eigenvalue weighted by Crippen LogP contribution is 2.45. The van der Waals surface area contributed by atoms with Gasteiger partial charge in [-0.1, -0.05) is 13.8 Å². The van der Waals surface area contributed by atoms with Gasteiger partial charge in [0.2, 0.25) is 11.6 Å². The van der Waals surface area contributed by atoms with Gasteiger partial charge in [0, 0.05) is 45.9 Å². The van der Waals surface area contributed by atoms with E-state index < -0.39 is 11.8 Å². The van der Waals surface area contributed by atoms with Crippen LogP contribution in [-0.4, -0.2) is 71.9 Å². The van der Waals surface area contributed by atoms with E-state index in [9.17, 15) is 14.7 Å². The van der Waals surface area contributed by atoms with E-state index in [1.54, 1.807) is 82.6 Å². The van der Waals surface area contributed by atoms with Crippen LogP contribution in [0.5, 0.6) is 23.0 Å². The number of methoxy groups -OCH3 is 1. The van der Waals surface area contributed by atoms with Gasteiger partial charge in [0.15, 0.2) is 23.1 Å². The van der Waals surface area contributed by atoms with Gasteiger partial charge in [0.05, 0.1) is 18.2 Å². The number of anilines is 1. The van der Waals surface area contributed by atoms with Crippen molar-refractivity contribution in [2.45, 2.75) is 63.8 Å². The quantitative estimate of drug-likeness (QED) is 0.0763. The minimum Gasteiger partial charge on any atom is -0.507 e. The standard InChI is InChI=1S/C42H43N9O6S/c1-22(2)30-20-32(39-47-48-40(37(43)53)50(39)25-8-12-27(55-5)13-9-25)36(29-7-6-17-44-35(29)30)57-56-28-14-10-26(11-15-28)51-38(46-49-41(51)42(54)45-23(3)4)31-19-24-16-18-58-34(24)21-33(31)52/h8-15,19-23,44,52H,6-7,16-18H2,1-5H3,(H2,43,53)(H,45,54). The highest BCUT2D eigenvalue weighted by molar-refractivity contribution is 7.99. The maximum atomic E-state index is 13.4. The van der Waals surface area contributed by atoms with Crippen molar-refractivity contribution in [3.63, 3.8) is 0 Å². The molecule has 4 heterocycles. The molecule has 0 atom stereocenters. The Balaban J connectivity index is 1.19. The summed E-state index contributed by atoms with van der Waals surface area (Å²) in [6, 6.07) is 19.6. The number of carbonyl (C=O) groups is 2. The average Bonchev–Trinajstić information content (AvgIpc) is 3.98. The molecule has 58 heavy (non-hydrogen) atoms. The molecule has 2 aliphatic rings. The summed E-state index contributed by atoms with van der Waals surface area (Å²) in [7, 11) is 1.58. The molecule has 8 rings (SSSR count). The van der Waals surface area contributed by atoms with Crippen LogP contribution in [0.25, 0.3) is 34.2 Å². The number of phenols is 1. The first-order chi connectivity index (χ1) is 28.0. The molecule has 4 aromatic carbocycles. The highest BCUT2D eigenvalue weighted by atomic mass is 32.2. The number of rotatable bonds is 12. The number of aryl methyl sites for hydroxylation is 1. The number of nitrogens with zero attached hydrogens (tertiary/aromatic N) is 6. The first-order valence-electron chi connectivity index (χ1n) is 19.1. The molecule has 0 aliphatic carbocycles. The van der Waals surface area contributed by atoms with E-state index in [0.717, 1.165) is 52.4 Å². The van der Waals surface area contributed by atoms with Crippen LogP contribution in [0.15, 0.2) is 71.6 Å². The Bertz CT molecular complexity index is 2530. The lowest BCUT2D eigenvalue weighted by Crippen LogP contribution is -2.32. The van der Waals surface area contributed by atoms with E-state index in [-0.39, 0.29) is 29.4 Å². The Kier molecular flexibility index (Phi) is 10.4. The molecule has 298 valence electrons. The van der Waals surface area contributed by atoms with Crippen LogP contribution in [0.2, 0.25) is 0 Å². The van der Waals surface area contributed by atoms with Crippen LogP contribution in [0, 0.1) is 0 Å². The van der Waals surface area contributed by atoms with Crippen LogP contribution in [-0.2, 0) is 12.8 Å². The average molecular weight is 802 g/mol. The van der Waals surface area contributed by atoms with E-state index in [1.807, 2.05) is 26.0 Å². The number of nitrogens with two attached hydrogens (primary N) is 1. The molecule has 16 heteroatoms. The Morgan fingerprint density at radius 2 is 1.50 bits per heavy atom. The van der Waals surface area contributed by atoms with Crippen LogP contribution < -0.4 is 30.9 Å². The van der Waals surface area contributed by atoms with Gasteiger partial charge in [0.25, 0.3) is 11.8 Å². The number of carbonyl (C=O) groups excluding carboxylic acids is 2. The summed E-state index contributed by atoms with van der Waals surface area (Å²) in [6.45, 7) is 8.75. The molecule has 0 spiro atoms. The third-order valence-electron chi connectivity index (χ3n) is 10.0. The van der Waals surface area contributed by atoms with E-state index in [2.05, 4.69) is 44.9 Å². The van der Waals surface area contributed by atoms with Crippen molar-refractivity contribution >= 4 is 29.3 Å². The number of hydrogen-bond acceptors (Lipinski definition) is 12. The number of amides is 2. The first-order valence-corrected chi connectivity index (χ1v) is 20.0. The van der Waals surface area contributed by atoms with Gasteiger partial charge in [0.1, 0.15) is 11.5 Å². The molecular weight excluding hydrogens is 759 g/mol. The zero-order valence-corrected chi connectivity index (χ0v) is 33.5. The molecule has 2 amide bonds. The van der Waals surface area contributed by atoms with Crippen molar-refractivity contribution in [2.24, 2.45) is 5.73 Å². The zero-order valence-electron chi connectivity index (χ0n) is 32.7. The lowest BCUT2D eigenvalue weighted by molar-refractivity contribution is -0.100. The fourth-order valence-corrected chi connectivity index (χ4v) is 8.37. The molecule has 6 aromatic rings.